The van der Waals surface area contributed by atoms with E-state index in [1.54, 1.807) is 11.0 Å². The van der Waals surface area contributed by atoms with Gasteiger partial charge < -0.3 is 19.3 Å². The predicted molar refractivity (Wildman–Crippen MR) is 147 cm³/mol. The molecular weight excluding hydrogens is 541 g/mol. The second kappa shape index (κ2) is 12.8. The first-order valence-corrected chi connectivity index (χ1v) is 13.3. The molecule has 0 radical (unpaired) electrons. The van der Waals surface area contributed by atoms with Crippen LogP contribution in [0.25, 0.3) is 0 Å². The Balaban J connectivity index is 1.42. The number of benzene rings is 2. The second-order valence-corrected chi connectivity index (χ2v) is 10.1. The molecule has 39 heavy (non-hydrogen) atoms. The van der Waals surface area contributed by atoms with Crippen molar-refractivity contribution in [2.45, 2.75) is 44.8 Å². The number of halogens is 2. The number of hydrogen-bond donors (Lipinski definition) is 1. The summed E-state index contributed by atoms with van der Waals surface area (Å²) in [6.07, 6.45) is 1.96. The highest BCUT2D eigenvalue weighted by Gasteiger charge is 2.32. The van der Waals surface area contributed by atoms with Gasteiger partial charge in [-0.3, -0.25) is 14.4 Å². The molecule has 1 atom stereocenters. The van der Waals surface area contributed by atoms with Crippen molar-refractivity contribution in [3.8, 4) is 11.8 Å². The number of nitriles is 1. The van der Waals surface area contributed by atoms with Crippen LogP contribution < -0.4 is 5.43 Å². The highest BCUT2D eigenvalue weighted by atomic mass is 35.5. The molecule has 1 aliphatic heterocycles. The molecular formula is C29H27Cl2N3O5. The van der Waals surface area contributed by atoms with E-state index in [9.17, 15) is 24.8 Å². The SMILES string of the molecule is N#CC(CC(=O)OCc1ccccc1)c1cc(=O)c(O)c2n1CCN(CCCCc1ccc(Cl)c(Cl)c1)C2=O. The number of aromatic hydroxyl groups is 1. The number of aromatic nitrogens is 1. The zero-order valence-corrected chi connectivity index (χ0v) is 22.6. The number of amides is 1. The topological polar surface area (TPSA) is 113 Å². The van der Waals surface area contributed by atoms with Crippen LogP contribution in [0.15, 0.2) is 59.4 Å². The van der Waals surface area contributed by atoms with Crippen molar-refractivity contribution in [2.75, 3.05) is 13.1 Å². The van der Waals surface area contributed by atoms with Crippen LogP contribution in [0.5, 0.6) is 5.75 Å². The Bertz CT molecular complexity index is 1470. The number of pyridine rings is 1. The standard InChI is InChI=1S/C29H27Cl2N3O5/c30-22-10-9-19(14-23(22)31)6-4-5-11-33-12-13-34-24(16-25(35)28(37)27(34)29(33)38)21(17-32)15-26(36)39-18-20-7-2-1-3-8-20/h1-3,7-10,14,16,21,37H,4-6,11-13,15,18H2. The molecule has 2 aromatic carbocycles. The van der Waals surface area contributed by atoms with E-state index in [-0.39, 0.29) is 31.0 Å². The average molecular weight is 568 g/mol. The normalized spacial score (nSPS) is 13.5. The number of aryl methyl sites for hydroxylation is 1. The number of esters is 1. The minimum absolute atomic E-state index is 0.0595. The van der Waals surface area contributed by atoms with Crippen LogP contribution >= 0.6 is 23.2 Å². The highest BCUT2D eigenvalue weighted by molar-refractivity contribution is 6.42. The number of hydrogen-bond acceptors (Lipinski definition) is 6. The lowest BCUT2D eigenvalue weighted by Crippen LogP contribution is -2.43. The fraction of sp³-hybridized carbons (Fsp3) is 0.310. The maximum Gasteiger partial charge on any atom is 0.307 e. The van der Waals surface area contributed by atoms with Crippen LogP contribution in [0.3, 0.4) is 0 Å². The van der Waals surface area contributed by atoms with Crippen molar-refractivity contribution in [1.82, 2.24) is 9.47 Å². The van der Waals surface area contributed by atoms with Gasteiger partial charge in [0, 0.05) is 31.4 Å². The zero-order chi connectivity index (χ0) is 27.9. The largest absolute Gasteiger partial charge is 0.503 e. The maximum atomic E-state index is 13.3. The van der Waals surface area contributed by atoms with Gasteiger partial charge in [-0.1, -0.05) is 59.6 Å². The molecule has 1 N–H and O–H groups in total. The minimum atomic E-state index is -1.02. The number of carbonyl (C=O) groups excluding carboxylic acids is 2. The van der Waals surface area contributed by atoms with Gasteiger partial charge in [0.2, 0.25) is 5.43 Å². The third-order valence-electron chi connectivity index (χ3n) is 6.66. The summed E-state index contributed by atoms with van der Waals surface area (Å²) in [5.41, 5.74) is 1.12. The van der Waals surface area contributed by atoms with Crippen LogP contribution in [-0.2, 0) is 29.1 Å². The molecule has 3 aromatic rings. The van der Waals surface area contributed by atoms with E-state index in [2.05, 4.69) is 6.07 Å². The van der Waals surface area contributed by atoms with Gasteiger partial charge in [0.15, 0.2) is 11.4 Å². The van der Waals surface area contributed by atoms with E-state index in [0.717, 1.165) is 30.0 Å². The highest BCUT2D eigenvalue weighted by Crippen LogP contribution is 2.28. The molecule has 1 aliphatic rings. The van der Waals surface area contributed by atoms with Crippen molar-refractivity contribution in [3.05, 3.63) is 97.4 Å². The Morgan fingerprint density at radius 3 is 2.51 bits per heavy atom. The molecule has 1 unspecified atom stereocenters. The van der Waals surface area contributed by atoms with E-state index >= 15 is 0 Å². The lowest BCUT2D eigenvalue weighted by atomic mass is 10.00. The van der Waals surface area contributed by atoms with Crippen molar-refractivity contribution in [1.29, 1.82) is 5.26 Å². The van der Waals surface area contributed by atoms with E-state index in [1.807, 2.05) is 42.5 Å². The van der Waals surface area contributed by atoms with Gasteiger partial charge in [-0.2, -0.15) is 5.26 Å². The third-order valence-corrected chi connectivity index (χ3v) is 7.39. The fourth-order valence-electron chi connectivity index (χ4n) is 4.59. The summed E-state index contributed by atoms with van der Waals surface area (Å²) in [4.78, 5) is 39.9. The first kappa shape index (κ1) is 28.2. The van der Waals surface area contributed by atoms with E-state index in [1.165, 1.54) is 4.57 Å². The minimum Gasteiger partial charge on any atom is -0.503 e. The van der Waals surface area contributed by atoms with Crippen LogP contribution in [0.4, 0.5) is 0 Å². The first-order valence-electron chi connectivity index (χ1n) is 12.6. The number of unbranched alkanes of at least 4 members (excludes halogenated alkanes) is 1. The quantitative estimate of drug-likeness (QED) is 0.270. The van der Waals surface area contributed by atoms with E-state index in [0.29, 0.717) is 29.6 Å². The maximum absolute atomic E-state index is 13.3. The summed E-state index contributed by atoms with van der Waals surface area (Å²) in [6, 6.07) is 17.8. The van der Waals surface area contributed by atoms with Crippen LogP contribution in [0, 0.1) is 11.3 Å². The molecule has 1 amide bonds. The van der Waals surface area contributed by atoms with Crippen LogP contribution in [-0.4, -0.2) is 39.5 Å². The Kier molecular flexibility index (Phi) is 9.28. The average Bonchev–Trinajstić information content (AvgIpc) is 2.94. The van der Waals surface area contributed by atoms with Crippen molar-refractivity contribution >= 4 is 35.1 Å². The third kappa shape index (κ3) is 6.80. The molecule has 0 fully saturated rings. The van der Waals surface area contributed by atoms with Crippen molar-refractivity contribution in [2.24, 2.45) is 0 Å². The summed E-state index contributed by atoms with van der Waals surface area (Å²) in [7, 11) is 0. The molecule has 10 heteroatoms. The number of rotatable bonds is 10. The Morgan fingerprint density at radius 2 is 1.79 bits per heavy atom. The summed E-state index contributed by atoms with van der Waals surface area (Å²) in [5.74, 6) is -2.78. The lowest BCUT2D eigenvalue weighted by molar-refractivity contribution is -0.145. The van der Waals surface area contributed by atoms with E-state index < -0.39 is 29.0 Å². The van der Waals surface area contributed by atoms with Gasteiger partial charge in [-0.05, 0) is 42.5 Å². The van der Waals surface area contributed by atoms with Gasteiger partial charge in [-0.15, -0.1) is 0 Å². The summed E-state index contributed by atoms with van der Waals surface area (Å²) in [6.45, 7) is 1.11. The summed E-state index contributed by atoms with van der Waals surface area (Å²) < 4.78 is 6.78. The molecule has 2 heterocycles. The fourth-order valence-corrected chi connectivity index (χ4v) is 4.91. The lowest BCUT2D eigenvalue weighted by Gasteiger charge is -2.32. The zero-order valence-electron chi connectivity index (χ0n) is 21.1. The molecule has 0 aliphatic carbocycles. The van der Waals surface area contributed by atoms with Gasteiger partial charge >= 0.3 is 5.97 Å². The van der Waals surface area contributed by atoms with E-state index in [4.69, 9.17) is 27.9 Å². The van der Waals surface area contributed by atoms with Crippen LogP contribution in [0.2, 0.25) is 10.0 Å². The van der Waals surface area contributed by atoms with Gasteiger partial charge in [0.05, 0.1) is 28.5 Å². The molecule has 202 valence electrons. The molecule has 0 spiro atoms. The number of nitrogens with zero attached hydrogens (tertiary/aromatic N) is 3. The Hall–Kier alpha value is -3.80. The van der Waals surface area contributed by atoms with Crippen molar-refractivity contribution < 1.29 is 19.4 Å². The predicted octanol–water partition coefficient (Wildman–Crippen LogP) is 5.08. The number of fused-ring (bicyclic) bond motifs is 1. The first-order chi connectivity index (χ1) is 18.8. The number of carbonyl (C=O) groups is 2. The van der Waals surface area contributed by atoms with Gasteiger partial charge in [0.1, 0.15) is 6.61 Å². The molecule has 4 rings (SSSR count). The van der Waals surface area contributed by atoms with Gasteiger partial charge in [0.25, 0.3) is 5.91 Å². The molecule has 8 nitrogen and oxygen atoms in total. The molecule has 0 saturated heterocycles. The second-order valence-electron chi connectivity index (χ2n) is 9.31. The Morgan fingerprint density at radius 1 is 1.03 bits per heavy atom. The Labute approximate surface area is 235 Å². The summed E-state index contributed by atoms with van der Waals surface area (Å²) in [5, 5.41) is 21.3. The molecule has 0 saturated carbocycles. The monoisotopic (exact) mass is 567 g/mol. The summed E-state index contributed by atoms with van der Waals surface area (Å²) >= 11 is 12.0. The van der Waals surface area contributed by atoms with Crippen molar-refractivity contribution in [3.63, 3.8) is 0 Å². The number of ether oxygens (including phenoxy) is 1. The molecule has 0 bridgehead atoms. The molecule has 1 aromatic heterocycles. The smallest absolute Gasteiger partial charge is 0.307 e. The van der Waals surface area contributed by atoms with Crippen LogP contribution in [0.1, 0.15) is 52.5 Å². The van der Waals surface area contributed by atoms with Gasteiger partial charge in [-0.25, -0.2) is 0 Å².